The van der Waals surface area contributed by atoms with Crippen molar-refractivity contribution in [3.05, 3.63) is 102 Å². The van der Waals surface area contributed by atoms with Crippen LogP contribution in [0.4, 0.5) is 0 Å². The number of rotatable bonds is 6. The lowest BCUT2D eigenvalue weighted by Gasteiger charge is -2.24. The number of fused-ring (bicyclic) bond motifs is 1. The van der Waals surface area contributed by atoms with Crippen molar-refractivity contribution in [3.63, 3.8) is 0 Å². The van der Waals surface area contributed by atoms with Gasteiger partial charge in [-0.1, -0.05) is 65.4 Å². The van der Waals surface area contributed by atoms with Crippen molar-refractivity contribution in [2.45, 2.75) is 19.9 Å². The molecule has 2 heterocycles. The van der Waals surface area contributed by atoms with Crippen molar-refractivity contribution in [2.24, 2.45) is 4.99 Å². The normalized spacial score (nSPS) is 15.9. The van der Waals surface area contributed by atoms with E-state index in [0.717, 1.165) is 16.9 Å². The molecule has 0 amide bonds. The molecule has 4 rings (SSSR count). The second-order valence-corrected chi connectivity index (χ2v) is 8.92. The molecule has 0 aliphatic carbocycles. The molecule has 2 aromatic carbocycles. The monoisotopic (exact) mass is 494 g/mol. The zero-order valence-electron chi connectivity index (χ0n) is 18.9. The third-order valence-corrected chi connectivity index (χ3v) is 6.62. The molecular formula is C26H23ClN2O4S. The summed E-state index contributed by atoms with van der Waals surface area (Å²) in [6, 6.07) is 14.1. The lowest BCUT2D eigenvalue weighted by molar-refractivity contribution is -0.139. The summed E-state index contributed by atoms with van der Waals surface area (Å²) >= 11 is 7.36. The number of ether oxygens (including phenoxy) is 2. The second kappa shape index (κ2) is 10.2. The van der Waals surface area contributed by atoms with Gasteiger partial charge in [0.05, 0.1) is 35.6 Å². The minimum Gasteiger partial charge on any atom is -0.496 e. The number of carbonyl (C=O) groups is 1. The van der Waals surface area contributed by atoms with Crippen molar-refractivity contribution in [2.75, 3.05) is 13.7 Å². The third kappa shape index (κ3) is 4.62. The van der Waals surface area contributed by atoms with Gasteiger partial charge >= 0.3 is 5.97 Å². The fraction of sp³-hybridized carbons (Fsp3) is 0.192. The molecule has 34 heavy (non-hydrogen) atoms. The van der Waals surface area contributed by atoms with Gasteiger partial charge in [0.1, 0.15) is 5.75 Å². The minimum absolute atomic E-state index is 0.223. The van der Waals surface area contributed by atoms with E-state index in [9.17, 15) is 9.59 Å². The molecule has 1 atom stereocenters. The summed E-state index contributed by atoms with van der Waals surface area (Å²) in [5.41, 5.74) is 2.28. The summed E-state index contributed by atoms with van der Waals surface area (Å²) in [6.07, 6.45) is 5.43. The Bertz CT molecular complexity index is 1470. The van der Waals surface area contributed by atoms with E-state index in [1.165, 1.54) is 11.3 Å². The molecule has 0 fully saturated rings. The van der Waals surface area contributed by atoms with Crippen LogP contribution in [0.3, 0.4) is 0 Å². The van der Waals surface area contributed by atoms with E-state index >= 15 is 0 Å². The number of halogens is 1. The Balaban J connectivity index is 1.84. The molecule has 6 nitrogen and oxygen atoms in total. The number of methoxy groups -OCH3 is 1. The molecule has 0 radical (unpaired) electrons. The Labute approximate surface area is 205 Å². The summed E-state index contributed by atoms with van der Waals surface area (Å²) in [6.45, 7) is 3.73. The molecule has 0 spiro atoms. The van der Waals surface area contributed by atoms with Crippen LogP contribution in [0.15, 0.2) is 75.7 Å². The summed E-state index contributed by atoms with van der Waals surface area (Å²) in [7, 11) is 1.62. The van der Waals surface area contributed by atoms with Crippen LogP contribution >= 0.6 is 22.9 Å². The lowest BCUT2D eigenvalue weighted by Crippen LogP contribution is -2.39. The molecule has 0 saturated heterocycles. The van der Waals surface area contributed by atoms with Crippen LogP contribution in [0.1, 0.15) is 31.0 Å². The van der Waals surface area contributed by atoms with Crippen molar-refractivity contribution < 1.29 is 14.3 Å². The highest BCUT2D eigenvalue weighted by Gasteiger charge is 2.33. The molecule has 0 saturated carbocycles. The number of carbonyl (C=O) groups excluding carboxylic acids is 1. The van der Waals surface area contributed by atoms with E-state index in [-0.39, 0.29) is 12.2 Å². The number of para-hydroxylation sites is 1. The molecule has 0 bridgehead atoms. The zero-order valence-corrected chi connectivity index (χ0v) is 20.5. The number of hydrogen-bond acceptors (Lipinski definition) is 6. The molecule has 0 N–H and O–H groups in total. The zero-order chi connectivity index (χ0) is 24.2. The highest BCUT2D eigenvalue weighted by molar-refractivity contribution is 7.07. The predicted molar refractivity (Wildman–Crippen MR) is 135 cm³/mol. The fourth-order valence-corrected chi connectivity index (χ4v) is 4.93. The van der Waals surface area contributed by atoms with Gasteiger partial charge in [0.25, 0.3) is 5.56 Å². The molecule has 1 aliphatic heterocycles. The molecule has 3 aromatic rings. The van der Waals surface area contributed by atoms with Crippen LogP contribution < -0.4 is 19.6 Å². The van der Waals surface area contributed by atoms with Gasteiger partial charge in [-0.05, 0) is 43.7 Å². The standard InChI is InChI=1S/C26H23ClN2O4S/c1-4-33-25(31)22-16(2)28-26-29(23(22)18-12-14-19(27)15-13-18)24(30)21(34-26)11-7-9-17-8-5-6-10-20(17)32-3/h5-15,23H,4H2,1-3H3. The third-order valence-electron chi connectivity index (χ3n) is 5.37. The smallest absolute Gasteiger partial charge is 0.338 e. The van der Waals surface area contributed by atoms with E-state index in [1.54, 1.807) is 49.8 Å². The van der Waals surface area contributed by atoms with Gasteiger partial charge in [0, 0.05) is 10.6 Å². The van der Waals surface area contributed by atoms with Crippen LogP contribution in [0.5, 0.6) is 5.75 Å². The quantitative estimate of drug-likeness (QED) is 0.483. The average Bonchev–Trinajstić information content (AvgIpc) is 3.14. The summed E-state index contributed by atoms with van der Waals surface area (Å²) < 4.78 is 12.7. The average molecular weight is 495 g/mol. The maximum Gasteiger partial charge on any atom is 0.338 e. The number of thiazole rings is 1. The van der Waals surface area contributed by atoms with E-state index in [4.69, 9.17) is 21.1 Å². The number of esters is 1. The lowest BCUT2D eigenvalue weighted by atomic mass is 9.96. The number of nitrogens with zero attached hydrogens (tertiary/aromatic N) is 2. The van der Waals surface area contributed by atoms with Crippen molar-refractivity contribution in [3.8, 4) is 5.75 Å². The first-order valence-corrected chi connectivity index (χ1v) is 11.9. The topological polar surface area (TPSA) is 69.9 Å². The molecule has 1 aliphatic rings. The van der Waals surface area contributed by atoms with Gasteiger partial charge in [0.15, 0.2) is 4.80 Å². The Morgan fingerprint density at radius 3 is 2.65 bits per heavy atom. The Morgan fingerprint density at radius 1 is 1.21 bits per heavy atom. The number of benzene rings is 2. The molecule has 8 heteroatoms. The first-order valence-electron chi connectivity index (χ1n) is 10.7. The first-order chi connectivity index (χ1) is 16.4. The van der Waals surface area contributed by atoms with Gasteiger partial charge in [-0.15, -0.1) is 0 Å². The van der Waals surface area contributed by atoms with E-state index < -0.39 is 12.0 Å². The van der Waals surface area contributed by atoms with E-state index in [1.807, 2.05) is 42.5 Å². The van der Waals surface area contributed by atoms with Gasteiger partial charge in [-0.3, -0.25) is 9.36 Å². The summed E-state index contributed by atoms with van der Waals surface area (Å²) in [5.74, 6) is 0.250. The van der Waals surface area contributed by atoms with E-state index in [2.05, 4.69) is 4.99 Å². The first kappa shape index (κ1) is 23.7. The Hall–Kier alpha value is -3.42. The number of aromatic nitrogens is 1. The highest BCUT2D eigenvalue weighted by Crippen LogP contribution is 2.31. The van der Waals surface area contributed by atoms with Crippen LogP contribution in [0.25, 0.3) is 12.2 Å². The summed E-state index contributed by atoms with van der Waals surface area (Å²) in [4.78, 5) is 31.4. The number of allylic oxidation sites excluding steroid dienone is 2. The highest BCUT2D eigenvalue weighted by atomic mass is 35.5. The largest absolute Gasteiger partial charge is 0.496 e. The van der Waals surface area contributed by atoms with Crippen LogP contribution in [0.2, 0.25) is 5.02 Å². The van der Waals surface area contributed by atoms with Gasteiger partial charge in [-0.2, -0.15) is 0 Å². The van der Waals surface area contributed by atoms with Gasteiger partial charge in [0.2, 0.25) is 0 Å². The van der Waals surface area contributed by atoms with Crippen molar-refractivity contribution in [1.82, 2.24) is 4.57 Å². The van der Waals surface area contributed by atoms with E-state index in [0.29, 0.717) is 25.6 Å². The minimum atomic E-state index is -0.659. The van der Waals surface area contributed by atoms with Gasteiger partial charge < -0.3 is 9.47 Å². The van der Waals surface area contributed by atoms with Crippen LogP contribution in [0, 0.1) is 0 Å². The van der Waals surface area contributed by atoms with Crippen molar-refractivity contribution in [1.29, 1.82) is 0 Å². The van der Waals surface area contributed by atoms with Crippen LogP contribution in [-0.2, 0) is 9.53 Å². The fourth-order valence-electron chi connectivity index (χ4n) is 3.81. The predicted octanol–water partition coefficient (Wildman–Crippen LogP) is 4.13. The Kier molecular flexibility index (Phi) is 7.14. The Morgan fingerprint density at radius 2 is 1.94 bits per heavy atom. The maximum absolute atomic E-state index is 13.5. The molecule has 1 aromatic heterocycles. The number of hydrogen-bond donors (Lipinski definition) is 0. The van der Waals surface area contributed by atoms with Crippen molar-refractivity contribution >= 4 is 41.1 Å². The molecule has 1 unspecified atom stereocenters. The van der Waals surface area contributed by atoms with Crippen LogP contribution in [-0.4, -0.2) is 24.3 Å². The maximum atomic E-state index is 13.5. The van der Waals surface area contributed by atoms with Gasteiger partial charge in [-0.25, -0.2) is 9.79 Å². The second-order valence-electron chi connectivity index (χ2n) is 7.48. The SMILES string of the molecule is CCOC(=O)C1=C(C)N=c2sc(=CC=Cc3ccccc3OC)c(=O)n2C1c1ccc(Cl)cc1. The molecular weight excluding hydrogens is 472 g/mol. The summed E-state index contributed by atoms with van der Waals surface area (Å²) in [5, 5.41) is 0.566. The molecule has 174 valence electrons.